The first kappa shape index (κ1) is 12.8. The molecule has 19 heavy (non-hydrogen) atoms. The molecule has 0 saturated heterocycles. The second-order valence-electron chi connectivity index (χ2n) is 3.82. The molecule has 2 rings (SSSR count). The molecule has 0 fully saturated rings. The Labute approximate surface area is 106 Å². The van der Waals surface area contributed by atoms with E-state index in [2.05, 4.69) is 10.6 Å². The maximum atomic E-state index is 12.6. The van der Waals surface area contributed by atoms with Gasteiger partial charge in [-0.3, -0.25) is 0 Å². The molecule has 0 atom stereocenters. The van der Waals surface area contributed by atoms with Crippen LogP contribution in [0.25, 0.3) is 0 Å². The molecule has 7 heteroatoms. The summed E-state index contributed by atoms with van der Waals surface area (Å²) in [4.78, 5) is 0. The summed E-state index contributed by atoms with van der Waals surface area (Å²) >= 11 is 0. The first-order valence-electron chi connectivity index (χ1n) is 5.20. The molecule has 0 saturated carbocycles. The Kier molecular flexibility index (Phi) is 3.05. The van der Waals surface area contributed by atoms with Gasteiger partial charge >= 0.3 is 6.18 Å². The van der Waals surface area contributed by atoms with Crippen molar-refractivity contribution in [3.63, 3.8) is 0 Å². The van der Waals surface area contributed by atoms with Crippen molar-refractivity contribution in [1.29, 1.82) is 10.5 Å². The Bertz CT molecular complexity index is 593. The largest absolute Gasteiger partial charge is 0.416 e. The van der Waals surface area contributed by atoms with Gasteiger partial charge in [-0.25, -0.2) is 0 Å². The second kappa shape index (κ2) is 4.54. The van der Waals surface area contributed by atoms with Crippen molar-refractivity contribution in [1.82, 2.24) is 10.6 Å². The molecular formula is C12H7F3N4. The highest BCUT2D eigenvalue weighted by Crippen LogP contribution is 2.31. The number of nitrogens with zero attached hydrogens (tertiary/aromatic N) is 2. The minimum absolute atomic E-state index is 0.0184. The third-order valence-electron chi connectivity index (χ3n) is 2.60. The molecule has 1 aromatic carbocycles. The summed E-state index contributed by atoms with van der Waals surface area (Å²) in [5.74, 6) is 0. The summed E-state index contributed by atoms with van der Waals surface area (Å²) in [5.41, 5.74) is -0.444. The number of hydrogen-bond donors (Lipinski definition) is 2. The first-order chi connectivity index (χ1) is 8.95. The summed E-state index contributed by atoms with van der Waals surface area (Å²) in [6.45, 7) is 0. The summed E-state index contributed by atoms with van der Waals surface area (Å²) in [6, 6.07) is 8.23. The second-order valence-corrected chi connectivity index (χ2v) is 3.82. The van der Waals surface area contributed by atoms with Crippen molar-refractivity contribution in [2.24, 2.45) is 0 Å². The Morgan fingerprint density at radius 3 is 2.11 bits per heavy atom. The number of benzene rings is 1. The van der Waals surface area contributed by atoms with E-state index in [0.29, 0.717) is 5.56 Å². The van der Waals surface area contributed by atoms with E-state index >= 15 is 0 Å². The molecule has 1 heterocycles. The zero-order chi connectivity index (χ0) is 14.0. The van der Waals surface area contributed by atoms with Crippen LogP contribution in [-0.4, -0.2) is 0 Å². The minimum atomic E-state index is -4.43. The average Bonchev–Trinajstić information content (AvgIpc) is 2.81. The molecule has 0 unspecified atom stereocenters. The van der Waals surface area contributed by atoms with Gasteiger partial charge in [0.1, 0.15) is 29.7 Å². The highest BCUT2D eigenvalue weighted by atomic mass is 19.4. The highest BCUT2D eigenvalue weighted by molar-refractivity contribution is 5.41. The van der Waals surface area contributed by atoms with Crippen molar-refractivity contribution < 1.29 is 13.2 Å². The minimum Gasteiger partial charge on any atom is -0.351 e. The van der Waals surface area contributed by atoms with Crippen LogP contribution in [0.5, 0.6) is 0 Å². The summed E-state index contributed by atoms with van der Waals surface area (Å²) in [5, 5.41) is 22.9. The molecule has 96 valence electrons. The smallest absolute Gasteiger partial charge is 0.351 e. The van der Waals surface area contributed by atoms with Crippen molar-refractivity contribution in [2.75, 3.05) is 0 Å². The number of nitrogens with one attached hydrogen (secondary N) is 2. The number of allylic oxidation sites excluding steroid dienone is 2. The fourth-order valence-corrected chi connectivity index (χ4v) is 1.71. The standard InChI is InChI=1S/C12H7F3N4/c13-12(14,15)8-3-1-2-7(4-8)11-18-9(5-16)10(6-17)19-11/h1-4,11,18-19H. The first-order valence-corrected chi connectivity index (χ1v) is 5.20. The Morgan fingerprint density at radius 2 is 1.63 bits per heavy atom. The molecule has 0 amide bonds. The van der Waals surface area contributed by atoms with E-state index in [1.165, 1.54) is 12.1 Å². The van der Waals surface area contributed by atoms with E-state index in [4.69, 9.17) is 10.5 Å². The van der Waals surface area contributed by atoms with Crippen LogP contribution in [0.3, 0.4) is 0 Å². The molecule has 0 spiro atoms. The lowest BCUT2D eigenvalue weighted by Crippen LogP contribution is -2.24. The van der Waals surface area contributed by atoms with Gasteiger partial charge in [0, 0.05) is 0 Å². The molecule has 1 aliphatic rings. The number of hydrogen-bond acceptors (Lipinski definition) is 4. The third kappa shape index (κ3) is 2.45. The van der Waals surface area contributed by atoms with Crippen LogP contribution in [0.1, 0.15) is 17.3 Å². The summed E-state index contributed by atoms with van der Waals surface area (Å²) in [6.07, 6.45) is -5.15. The lowest BCUT2D eigenvalue weighted by molar-refractivity contribution is -0.137. The number of alkyl halides is 3. The van der Waals surface area contributed by atoms with Crippen LogP contribution in [-0.2, 0) is 6.18 Å². The normalized spacial score (nSPS) is 15.4. The lowest BCUT2D eigenvalue weighted by atomic mass is 10.1. The molecule has 4 nitrogen and oxygen atoms in total. The zero-order valence-corrected chi connectivity index (χ0v) is 9.42. The van der Waals surface area contributed by atoms with E-state index in [-0.39, 0.29) is 11.4 Å². The molecule has 0 aliphatic carbocycles. The molecule has 1 aliphatic heterocycles. The Morgan fingerprint density at radius 1 is 1.05 bits per heavy atom. The van der Waals surface area contributed by atoms with Crippen molar-refractivity contribution in [3.8, 4) is 12.1 Å². The lowest BCUT2D eigenvalue weighted by Gasteiger charge is -2.15. The molecule has 0 aromatic heterocycles. The summed E-state index contributed by atoms with van der Waals surface area (Å²) in [7, 11) is 0. The molecule has 0 radical (unpaired) electrons. The van der Waals surface area contributed by atoms with Gasteiger partial charge in [-0.05, 0) is 17.7 Å². The van der Waals surface area contributed by atoms with Crippen molar-refractivity contribution in [2.45, 2.75) is 12.3 Å². The van der Waals surface area contributed by atoms with E-state index in [1.54, 1.807) is 12.1 Å². The fraction of sp³-hybridized carbons (Fsp3) is 0.167. The van der Waals surface area contributed by atoms with Gasteiger partial charge in [0.25, 0.3) is 0 Å². The maximum absolute atomic E-state index is 12.6. The maximum Gasteiger partial charge on any atom is 0.416 e. The van der Waals surface area contributed by atoms with E-state index in [0.717, 1.165) is 12.1 Å². The van der Waals surface area contributed by atoms with Crippen LogP contribution >= 0.6 is 0 Å². The monoisotopic (exact) mass is 264 g/mol. The number of nitriles is 2. The van der Waals surface area contributed by atoms with Crippen LogP contribution in [0.15, 0.2) is 35.7 Å². The number of halogens is 3. The van der Waals surface area contributed by atoms with Gasteiger partial charge in [-0.2, -0.15) is 23.7 Å². The van der Waals surface area contributed by atoms with E-state index in [9.17, 15) is 13.2 Å². The van der Waals surface area contributed by atoms with Gasteiger partial charge in [-0.1, -0.05) is 12.1 Å². The van der Waals surface area contributed by atoms with Gasteiger partial charge in [-0.15, -0.1) is 0 Å². The van der Waals surface area contributed by atoms with Gasteiger partial charge in [0.15, 0.2) is 0 Å². The number of rotatable bonds is 1. The van der Waals surface area contributed by atoms with E-state index in [1.807, 2.05) is 0 Å². The molecule has 0 bridgehead atoms. The van der Waals surface area contributed by atoms with Gasteiger partial charge in [0.2, 0.25) is 0 Å². The molecule has 2 N–H and O–H groups in total. The quantitative estimate of drug-likeness (QED) is 0.815. The van der Waals surface area contributed by atoms with E-state index < -0.39 is 17.9 Å². The van der Waals surface area contributed by atoms with Crippen LogP contribution in [0.2, 0.25) is 0 Å². The fourth-order valence-electron chi connectivity index (χ4n) is 1.71. The van der Waals surface area contributed by atoms with Crippen LogP contribution in [0, 0.1) is 22.7 Å². The molecular weight excluding hydrogens is 257 g/mol. The SMILES string of the molecule is N#CC1=C(C#N)NC(c2cccc(C(F)(F)F)c2)N1. The topological polar surface area (TPSA) is 71.6 Å². The average molecular weight is 264 g/mol. The van der Waals surface area contributed by atoms with Crippen molar-refractivity contribution >= 4 is 0 Å². The Hall–Kier alpha value is -2.67. The highest BCUT2D eigenvalue weighted by Gasteiger charge is 2.32. The van der Waals surface area contributed by atoms with Gasteiger partial charge in [0.05, 0.1) is 5.56 Å². The Balaban J connectivity index is 2.28. The van der Waals surface area contributed by atoms with Crippen molar-refractivity contribution in [3.05, 3.63) is 46.8 Å². The zero-order valence-electron chi connectivity index (χ0n) is 9.42. The summed E-state index contributed by atoms with van der Waals surface area (Å²) < 4.78 is 37.8. The van der Waals surface area contributed by atoms with Crippen LogP contribution < -0.4 is 10.6 Å². The predicted molar refractivity (Wildman–Crippen MR) is 58.7 cm³/mol. The predicted octanol–water partition coefficient (Wildman–Crippen LogP) is 2.16. The third-order valence-corrected chi connectivity index (χ3v) is 2.60. The van der Waals surface area contributed by atoms with Crippen LogP contribution in [0.4, 0.5) is 13.2 Å². The molecule has 1 aromatic rings. The van der Waals surface area contributed by atoms with Gasteiger partial charge < -0.3 is 10.6 Å².